The number of fused-ring (bicyclic) bond motifs is 3. The Balaban J connectivity index is 1.54. The number of aromatic nitrogens is 3. The Kier molecular flexibility index (Phi) is 4.34. The lowest BCUT2D eigenvalue weighted by Gasteiger charge is -2.39. The highest BCUT2D eigenvalue weighted by Crippen LogP contribution is 2.44. The topological polar surface area (TPSA) is 96.0 Å². The van der Waals surface area contributed by atoms with Crippen LogP contribution in [0.2, 0.25) is 0 Å². The molecule has 5 rings (SSSR count). The molecule has 2 aromatic heterocycles. The van der Waals surface area contributed by atoms with Crippen molar-refractivity contribution in [2.75, 3.05) is 13.1 Å². The Morgan fingerprint density at radius 2 is 2.00 bits per heavy atom. The Labute approximate surface area is 175 Å². The van der Waals surface area contributed by atoms with Crippen LogP contribution in [0, 0.1) is 13.8 Å². The molecule has 0 radical (unpaired) electrons. The third-order valence-electron chi connectivity index (χ3n) is 6.56. The van der Waals surface area contributed by atoms with Gasteiger partial charge in [-0.3, -0.25) is 4.79 Å². The maximum atomic E-state index is 13.5. The molecule has 1 aliphatic heterocycles. The number of nitrogens with one attached hydrogen (secondary N) is 1. The van der Waals surface area contributed by atoms with E-state index in [1.165, 1.54) is 6.07 Å². The fourth-order valence-electron chi connectivity index (χ4n) is 5.03. The van der Waals surface area contributed by atoms with Crippen molar-refractivity contribution < 1.29 is 8.42 Å². The summed E-state index contributed by atoms with van der Waals surface area (Å²) in [7, 11) is -3.66. The maximum absolute atomic E-state index is 13.5. The first-order chi connectivity index (χ1) is 14.3. The highest BCUT2D eigenvalue weighted by atomic mass is 32.2. The zero-order valence-electron chi connectivity index (χ0n) is 17.1. The van der Waals surface area contributed by atoms with Crippen molar-refractivity contribution in [3.05, 3.63) is 63.5 Å². The second kappa shape index (κ2) is 6.72. The zero-order chi connectivity index (χ0) is 21.1. The minimum Gasteiger partial charge on any atom is -0.322 e. The van der Waals surface area contributed by atoms with Crippen molar-refractivity contribution in [1.29, 1.82) is 0 Å². The summed E-state index contributed by atoms with van der Waals surface area (Å²) in [6.45, 7) is 4.65. The molecule has 1 unspecified atom stereocenters. The number of H-pyrrole nitrogens is 1. The first kappa shape index (κ1) is 19.4. The predicted molar refractivity (Wildman–Crippen MR) is 114 cm³/mol. The van der Waals surface area contributed by atoms with Gasteiger partial charge in [-0.15, -0.1) is 0 Å². The molecule has 156 valence electrons. The second-order valence-corrected chi connectivity index (χ2v) is 10.5. The standard InChI is InChI=1S/C22H24N4O3S/c1-14-10-20(27)25-19-5-4-17(11-18(14)19)30(28,29)26-9-3-7-22(13-26)8-6-16-12-23-15(2)24-21(16)22/h4-5,10-12H,3,6-9,13H2,1-2H3,(H,25,27). The lowest BCUT2D eigenvalue weighted by Crippen LogP contribution is -2.47. The fourth-order valence-corrected chi connectivity index (χ4v) is 6.62. The van der Waals surface area contributed by atoms with Gasteiger partial charge in [-0.2, -0.15) is 4.31 Å². The van der Waals surface area contributed by atoms with Gasteiger partial charge < -0.3 is 4.98 Å². The molecule has 1 saturated heterocycles. The molecule has 0 bridgehead atoms. The molecular formula is C22H24N4O3S. The average Bonchev–Trinajstić information content (AvgIpc) is 3.04. The number of aryl methyl sites for hydroxylation is 3. The molecule has 0 amide bonds. The van der Waals surface area contributed by atoms with Crippen molar-refractivity contribution in [2.45, 2.75) is 49.8 Å². The van der Waals surface area contributed by atoms with Gasteiger partial charge in [-0.25, -0.2) is 18.4 Å². The van der Waals surface area contributed by atoms with Gasteiger partial charge in [0.05, 0.1) is 10.6 Å². The van der Waals surface area contributed by atoms with Gasteiger partial charge in [0, 0.05) is 41.7 Å². The normalized spacial score (nSPS) is 21.9. The molecule has 8 heteroatoms. The Morgan fingerprint density at radius 3 is 2.83 bits per heavy atom. The molecule has 1 fully saturated rings. The highest BCUT2D eigenvalue weighted by molar-refractivity contribution is 7.89. The van der Waals surface area contributed by atoms with E-state index in [2.05, 4.69) is 9.97 Å². The smallest absolute Gasteiger partial charge is 0.248 e. The van der Waals surface area contributed by atoms with E-state index in [0.29, 0.717) is 18.6 Å². The molecule has 0 saturated carbocycles. The van der Waals surface area contributed by atoms with E-state index >= 15 is 0 Å². The summed E-state index contributed by atoms with van der Waals surface area (Å²) in [4.78, 5) is 23.8. The number of rotatable bonds is 2. The van der Waals surface area contributed by atoms with Gasteiger partial charge in [0.25, 0.3) is 0 Å². The van der Waals surface area contributed by atoms with Crippen LogP contribution < -0.4 is 5.56 Å². The number of hydrogen-bond acceptors (Lipinski definition) is 5. The number of benzene rings is 1. The summed E-state index contributed by atoms with van der Waals surface area (Å²) >= 11 is 0. The summed E-state index contributed by atoms with van der Waals surface area (Å²) < 4.78 is 28.7. The summed E-state index contributed by atoms with van der Waals surface area (Å²) in [5, 5.41) is 0.747. The number of pyridine rings is 1. The third-order valence-corrected chi connectivity index (χ3v) is 8.40. The molecule has 1 aliphatic carbocycles. The van der Waals surface area contributed by atoms with E-state index in [4.69, 9.17) is 4.98 Å². The molecule has 2 aliphatic rings. The highest BCUT2D eigenvalue weighted by Gasteiger charge is 2.46. The first-order valence-corrected chi connectivity index (χ1v) is 11.7. The molecule has 30 heavy (non-hydrogen) atoms. The Bertz CT molecular complexity index is 1330. The number of nitrogens with zero attached hydrogens (tertiary/aromatic N) is 3. The number of aromatic amines is 1. The van der Waals surface area contributed by atoms with Crippen molar-refractivity contribution in [3.8, 4) is 0 Å². The van der Waals surface area contributed by atoms with Crippen LogP contribution >= 0.6 is 0 Å². The molecule has 1 N–H and O–H groups in total. The lowest BCUT2D eigenvalue weighted by molar-refractivity contribution is 0.219. The van der Waals surface area contributed by atoms with Crippen LogP contribution in [0.4, 0.5) is 0 Å². The van der Waals surface area contributed by atoms with Crippen LogP contribution in [-0.4, -0.2) is 40.8 Å². The summed E-state index contributed by atoms with van der Waals surface area (Å²) in [5.74, 6) is 0.731. The summed E-state index contributed by atoms with van der Waals surface area (Å²) in [5.41, 5.74) is 3.16. The average molecular weight is 425 g/mol. The van der Waals surface area contributed by atoms with Gasteiger partial charge >= 0.3 is 0 Å². The van der Waals surface area contributed by atoms with Crippen molar-refractivity contribution >= 4 is 20.9 Å². The summed E-state index contributed by atoms with van der Waals surface area (Å²) in [6.07, 6.45) is 5.45. The lowest BCUT2D eigenvalue weighted by atomic mass is 9.78. The Morgan fingerprint density at radius 1 is 1.17 bits per heavy atom. The van der Waals surface area contributed by atoms with Crippen LogP contribution in [0.25, 0.3) is 10.9 Å². The van der Waals surface area contributed by atoms with E-state index in [1.54, 1.807) is 22.5 Å². The van der Waals surface area contributed by atoms with Crippen LogP contribution in [0.1, 0.15) is 41.9 Å². The second-order valence-electron chi connectivity index (χ2n) is 8.54. The number of hydrogen-bond donors (Lipinski definition) is 1. The van der Waals surface area contributed by atoms with E-state index in [0.717, 1.165) is 53.7 Å². The van der Waals surface area contributed by atoms with E-state index < -0.39 is 10.0 Å². The largest absolute Gasteiger partial charge is 0.322 e. The van der Waals surface area contributed by atoms with Crippen molar-refractivity contribution in [2.24, 2.45) is 0 Å². The van der Waals surface area contributed by atoms with Crippen molar-refractivity contribution in [1.82, 2.24) is 19.3 Å². The Hall–Kier alpha value is -2.58. The minimum atomic E-state index is -3.66. The molecule has 1 aromatic carbocycles. The third kappa shape index (κ3) is 2.97. The maximum Gasteiger partial charge on any atom is 0.248 e. The van der Waals surface area contributed by atoms with Gasteiger partial charge in [0.15, 0.2) is 0 Å². The molecule has 3 aromatic rings. The monoisotopic (exact) mass is 424 g/mol. The van der Waals surface area contributed by atoms with Gasteiger partial charge in [-0.1, -0.05) is 0 Å². The predicted octanol–water partition coefficient (Wildman–Crippen LogP) is 2.60. The van der Waals surface area contributed by atoms with Crippen LogP contribution in [0.15, 0.2) is 40.2 Å². The van der Waals surface area contributed by atoms with E-state index in [9.17, 15) is 13.2 Å². The minimum absolute atomic E-state index is 0.189. The van der Waals surface area contributed by atoms with E-state index in [-0.39, 0.29) is 15.9 Å². The first-order valence-electron chi connectivity index (χ1n) is 10.3. The van der Waals surface area contributed by atoms with Crippen LogP contribution in [0.5, 0.6) is 0 Å². The van der Waals surface area contributed by atoms with Crippen LogP contribution in [0.3, 0.4) is 0 Å². The van der Waals surface area contributed by atoms with Gasteiger partial charge in [-0.05, 0) is 68.9 Å². The molecule has 1 atom stereocenters. The van der Waals surface area contributed by atoms with Gasteiger partial charge in [0.2, 0.25) is 15.6 Å². The molecule has 3 heterocycles. The summed E-state index contributed by atoms with van der Waals surface area (Å²) in [6, 6.07) is 6.43. The van der Waals surface area contributed by atoms with Gasteiger partial charge in [0.1, 0.15) is 5.82 Å². The SMILES string of the molecule is Cc1ncc2c(n1)C1(CCCN(S(=O)(=O)c3ccc4[nH]c(=O)cc(C)c4c3)C1)CC2. The quantitative estimate of drug-likeness (QED) is 0.682. The zero-order valence-corrected chi connectivity index (χ0v) is 17.9. The molecule has 1 spiro atoms. The van der Waals surface area contributed by atoms with Crippen LogP contribution in [-0.2, 0) is 21.9 Å². The number of sulfonamides is 1. The van der Waals surface area contributed by atoms with Crippen molar-refractivity contribution in [3.63, 3.8) is 0 Å². The molecule has 7 nitrogen and oxygen atoms in total. The molecular weight excluding hydrogens is 400 g/mol. The van der Waals surface area contributed by atoms with E-state index in [1.807, 2.05) is 20.0 Å². The fraction of sp³-hybridized carbons (Fsp3) is 0.409. The number of piperidine rings is 1.